The summed E-state index contributed by atoms with van der Waals surface area (Å²) < 4.78 is 7.38. The van der Waals surface area contributed by atoms with E-state index in [1.807, 2.05) is 17.7 Å². The second kappa shape index (κ2) is 6.54. The number of fused-ring (bicyclic) bond motifs is 1. The molecule has 2 aliphatic rings. The number of hydrogen-bond acceptors (Lipinski definition) is 5. The Balaban J connectivity index is 1.43. The van der Waals surface area contributed by atoms with Gasteiger partial charge >= 0.3 is 0 Å². The molecule has 4 rings (SSSR count). The molecule has 0 unspecified atom stereocenters. The summed E-state index contributed by atoms with van der Waals surface area (Å²) in [5, 5.41) is 15.0. The molecule has 1 amide bonds. The first kappa shape index (κ1) is 17.3. The van der Waals surface area contributed by atoms with Crippen LogP contribution in [0.15, 0.2) is 16.9 Å². The molecule has 2 aromatic rings. The van der Waals surface area contributed by atoms with Gasteiger partial charge in [-0.3, -0.25) is 4.79 Å². The number of aromatic nitrogens is 3. The number of imidazole rings is 1. The van der Waals surface area contributed by atoms with Gasteiger partial charge in [0, 0.05) is 37.5 Å². The Bertz CT molecular complexity index is 802. The van der Waals surface area contributed by atoms with Crippen LogP contribution in [0.1, 0.15) is 53.8 Å². The molecule has 0 aromatic carbocycles. The van der Waals surface area contributed by atoms with Gasteiger partial charge in [0.15, 0.2) is 5.69 Å². The number of carbonyl (C=O) groups is 1. The predicted octanol–water partition coefficient (Wildman–Crippen LogP) is 1.97. The number of piperidine rings is 1. The molecular weight excluding hydrogens is 332 g/mol. The van der Waals surface area contributed by atoms with Crippen LogP contribution in [-0.2, 0) is 19.4 Å². The Labute approximate surface area is 153 Å². The molecule has 2 aromatic heterocycles. The summed E-state index contributed by atoms with van der Waals surface area (Å²) in [6, 6.07) is 0. The van der Waals surface area contributed by atoms with E-state index in [0.29, 0.717) is 44.1 Å². The molecule has 1 saturated heterocycles. The van der Waals surface area contributed by atoms with Gasteiger partial charge in [-0.25, -0.2) is 4.98 Å². The van der Waals surface area contributed by atoms with E-state index in [4.69, 9.17) is 4.52 Å². The van der Waals surface area contributed by atoms with Gasteiger partial charge in [0.2, 0.25) is 0 Å². The van der Waals surface area contributed by atoms with Crippen LogP contribution in [-0.4, -0.2) is 49.3 Å². The van der Waals surface area contributed by atoms with Crippen molar-refractivity contribution in [3.63, 3.8) is 0 Å². The maximum Gasteiger partial charge on any atom is 0.276 e. The lowest BCUT2D eigenvalue weighted by Crippen LogP contribution is -2.49. The van der Waals surface area contributed by atoms with E-state index in [-0.39, 0.29) is 5.91 Å². The minimum absolute atomic E-state index is 0.0649. The molecule has 1 fully saturated rings. The largest absolute Gasteiger partial charge is 0.388 e. The van der Waals surface area contributed by atoms with Gasteiger partial charge in [-0.1, -0.05) is 12.1 Å². The average molecular weight is 358 g/mol. The van der Waals surface area contributed by atoms with E-state index in [9.17, 15) is 9.90 Å². The molecular formula is C19H26N4O3. The van der Waals surface area contributed by atoms with Gasteiger partial charge in [0.1, 0.15) is 11.6 Å². The normalized spacial score (nSPS) is 22.3. The fourth-order valence-electron chi connectivity index (χ4n) is 4.07. The summed E-state index contributed by atoms with van der Waals surface area (Å²) in [6.07, 6.45) is 7.53. The van der Waals surface area contributed by atoms with E-state index in [0.717, 1.165) is 36.4 Å². The molecule has 1 aliphatic heterocycles. The number of nitrogens with zero attached hydrogens (tertiary/aromatic N) is 4. The van der Waals surface area contributed by atoms with Crippen molar-refractivity contribution in [2.75, 3.05) is 13.1 Å². The van der Waals surface area contributed by atoms with Crippen LogP contribution in [0.3, 0.4) is 0 Å². The summed E-state index contributed by atoms with van der Waals surface area (Å²) in [4.78, 5) is 18.9. The Hall–Kier alpha value is -2.15. The highest BCUT2D eigenvalue weighted by Gasteiger charge is 2.37. The number of aryl methyl sites for hydroxylation is 2. The van der Waals surface area contributed by atoms with Gasteiger partial charge in [-0.15, -0.1) is 0 Å². The summed E-state index contributed by atoms with van der Waals surface area (Å²) in [7, 11) is 0. The maximum absolute atomic E-state index is 12.9. The van der Waals surface area contributed by atoms with Crippen LogP contribution in [0.4, 0.5) is 0 Å². The Morgan fingerprint density at radius 3 is 2.88 bits per heavy atom. The highest BCUT2D eigenvalue weighted by Crippen LogP contribution is 2.30. The van der Waals surface area contributed by atoms with E-state index in [1.165, 1.54) is 0 Å². The van der Waals surface area contributed by atoms with Crippen molar-refractivity contribution in [3.05, 3.63) is 35.2 Å². The first-order valence-corrected chi connectivity index (χ1v) is 9.42. The molecule has 0 radical (unpaired) electrons. The van der Waals surface area contributed by atoms with Gasteiger partial charge in [-0.05, 0) is 38.5 Å². The van der Waals surface area contributed by atoms with Gasteiger partial charge in [-0.2, -0.15) is 0 Å². The molecule has 1 aliphatic carbocycles. The van der Waals surface area contributed by atoms with Crippen LogP contribution in [0, 0.1) is 12.8 Å². The van der Waals surface area contributed by atoms with Crippen LogP contribution in [0.25, 0.3) is 0 Å². The third kappa shape index (κ3) is 3.16. The van der Waals surface area contributed by atoms with Crippen molar-refractivity contribution >= 4 is 5.91 Å². The van der Waals surface area contributed by atoms with Crippen molar-refractivity contribution in [1.82, 2.24) is 19.6 Å². The fourth-order valence-corrected chi connectivity index (χ4v) is 4.07. The monoisotopic (exact) mass is 358 g/mol. The SMILES string of the molecule is Cc1nccn1CC1(O)CCN(C(=O)c2noc3c2C[C@@H](C)CC3)CC1. The fraction of sp³-hybridized carbons (Fsp3) is 0.632. The zero-order chi connectivity index (χ0) is 18.3. The average Bonchev–Trinajstić information content (AvgIpc) is 3.21. The number of likely N-dealkylation sites (tertiary alicyclic amines) is 1. The van der Waals surface area contributed by atoms with Crippen LogP contribution < -0.4 is 0 Å². The molecule has 0 bridgehead atoms. The van der Waals surface area contributed by atoms with Crippen molar-refractivity contribution in [1.29, 1.82) is 0 Å². The molecule has 1 N–H and O–H groups in total. The molecule has 0 saturated carbocycles. The quantitative estimate of drug-likeness (QED) is 0.907. The smallest absolute Gasteiger partial charge is 0.276 e. The molecule has 26 heavy (non-hydrogen) atoms. The maximum atomic E-state index is 12.9. The molecule has 1 atom stereocenters. The minimum Gasteiger partial charge on any atom is -0.388 e. The molecule has 3 heterocycles. The summed E-state index contributed by atoms with van der Waals surface area (Å²) in [5.41, 5.74) is 0.658. The molecule has 7 nitrogen and oxygen atoms in total. The predicted molar refractivity (Wildman–Crippen MR) is 94.7 cm³/mol. The summed E-state index contributed by atoms with van der Waals surface area (Å²) in [6.45, 7) is 5.69. The lowest BCUT2D eigenvalue weighted by molar-refractivity contribution is -0.0297. The van der Waals surface area contributed by atoms with Crippen molar-refractivity contribution in [2.45, 2.75) is 58.1 Å². The zero-order valence-corrected chi connectivity index (χ0v) is 15.4. The standard InChI is InChI=1S/C19H26N4O3/c1-13-3-4-16-15(11-13)17(21-26-16)18(24)22-8-5-19(25,6-9-22)12-23-10-7-20-14(23)2/h7,10,13,25H,3-6,8-9,11-12H2,1-2H3/t13-/m0/s1. The second-order valence-electron chi connectivity index (χ2n) is 7.90. The topological polar surface area (TPSA) is 84.4 Å². The number of aliphatic hydroxyl groups is 1. The highest BCUT2D eigenvalue weighted by molar-refractivity contribution is 5.94. The van der Waals surface area contributed by atoms with E-state index in [1.54, 1.807) is 11.1 Å². The third-order valence-electron chi connectivity index (χ3n) is 5.86. The number of amides is 1. The lowest BCUT2D eigenvalue weighted by atomic mass is 9.87. The van der Waals surface area contributed by atoms with E-state index in [2.05, 4.69) is 17.1 Å². The first-order valence-electron chi connectivity index (χ1n) is 9.42. The number of carbonyl (C=O) groups excluding carboxylic acids is 1. The summed E-state index contributed by atoms with van der Waals surface area (Å²) >= 11 is 0. The van der Waals surface area contributed by atoms with Crippen molar-refractivity contribution in [2.24, 2.45) is 5.92 Å². The third-order valence-corrected chi connectivity index (χ3v) is 5.86. The van der Waals surface area contributed by atoms with E-state index >= 15 is 0 Å². The van der Waals surface area contributed by atoms with E-state index < -0.39 is 5.60 Å². The minimum atomic E-state index is -0.806. The van der Waals surface area contributed by atoms with Gasteiger partial charge in [0.05, 0.1) is 12.1 Å². The van der Waals surface area contributed by atoms with Crippen molar-refractivity contribution < 1.29 is 14.4 Å². The number of rotatable bonds is 3. The molecule has 7 heteroatoms. The zero-order valence-electron chi connectivity index (χ0n) is 15.4. The first-order chi connectivity index (χ1) is 12.5. The Morgan fingerprint density at radius 2 is 2.19 bits per heavy atom. The van der Waals surface area contributed by atoms with Crippen LogP contribution in [0.2, 0.25) is 0 Å². The Kier molecular flexibility index (Phi) is 4.34. The summed E-state index contributed by atoms with van der Waals surface area (Å²) in [5.74, 6) is 2.25. The van der Waals surface area contributed by atoms with Gasteiger partial charge in [0.25, 0.3) is 5.91 Å². The Morgan fingerprint density at radius 1 is 1.42 bits per heavy atom. The molecule has 0 spiro atoms. The van der Waals surface area contributed by atoms with Crippen LogP contribution in [0.5, 0.6) is 0 Å². The second-order valence-corrected chi connectivity index (χ2v) is 7.90. The highest BCUT2D eigenvalue weighted by atomic mass is 16.5. The van der Waals surface area contributed by atoms with Crippen LogP contribution >= 0.6 is 0 Å². The molecule has 140 valence electrons. The number of hydrogen-bond donors (Lipinski definition) is 1. The van der Waals surface area contributed by atoms with Gasteiger partial charge < -0.3 is 19.1 Å². The van der Waals surface area contributed by atoms with Crippen molar-refractivity contribution in [3.8, 4) is 0 Å². The lowest BCUT2D eigenvalue weighted by Gasteiger charge is -2.38.